The quantitative estimate of drug-likeness (QED) is 0.766. The van der Waals surface area contributed by atoms with Gasteiger partial charge in [0, 0.05) is 18.9 Å². The van der Waals surface area contributed by atoms with Gasteiger partial charge in [0.05, 0.1) is 0 Å². The highest BCUT2D eigenvalue weighted by Gasteiger charge is 2.27. The lowest BCUT2D eigenvalue weighted by Crippen LogP contribution is -1.98. The lowest BCUT2D eigenvalue weighted by atomic mass is 9.97. The zero-order valence-corrected chi connectivity index (χ0v) is 9.43. The fraction of sp³-hybridized carbons (Fsp3) is 0.385. The predicted molar refractivity (Wildman–Crippen MR) is 62.3 cm³/mol. The summed E-state index contributed by atoms with van der Waals surface area (Å²) in [5.41, 5.74) is 1.36. The molecule has 0 spiro atoms. The van der Waals surface area contributed by atoms with Gasteiger partial charge in [0.25, 0.3) is 0 Å². The number of aryl methyl sites for hydroxylation is 2. The number of benzene rings is 1. The summed E-state index contributed by atoms with van der Waals surface area (Å²) in [5.74, 6) is 2.55. The van der Waals surface area contributed by atoms with Gasteiger partial charge in [-0.1, -0.05) is 37.3 Å². The van der Waals surface area contributed by atoms with Gasteiger partial charge in [-0.05, 0) is 12.0 Å². The molecule has 0 fully saturated rings. The minimum Gasteiger partial charge on any atom is -0.249 e. The van der Waals surface area contributed by atoms with Crippen LogP contribution < -0.4 is 0 Å². The molecule has 1 aromatic carbocycles. The predicted octanol–water partition coefficient (Wildman–Crippen LogP) is 2.38. The van der Waals surface area contributed by atoms with Crippen molar-refractivity contribution < 1.29 is 0 Å². The maximum absolute atomic E-state index is 4.62. The Labute approximate surface area is 95.1 Å². The first-order valence-corrected chi connectivity index (χ1v) is 5.87. The summed E-state index contributed by atoms with van der Waals surface area (Å²) in [5, 5.41) is 4.49. The van der Waals surface area contributed by atoms with Crippen molar-refractivity contribution in [2.24, 2.45) is 0 Å². The number of fused-ring (bicyclic) bond motifs is 1. The smallest absolute Gasteiger partial charge is 0.150 e. The average Bonchev–Trinajstić information content (AvgIpc) is 2.88. The number of hydrogen-bond acceptors (Lipinski definition) is 2. The minimum absolute atomic E-state index is 0.439. The molecule has 2 heterocycles. The van der Waals surface area contributed by atoms with Crippen LogP contribution >= 0.6 is 0 Å². The highest BCUT2D eigenvalue weighted by atomic mass is 15.4. The van der Waals surface area contributed by atoms with Crippen molar-refractivity contribution in [1.82, 2.24) is 14.8 Å². The third-order valence-electron chi connectivity index (χ3n) is 3.20. The second kappa shape index (κ2) is 3.74. The zero-order valence-electron chi connectivity index (χ0n) is 9.43. The van der Waals surface area contributed by atoms with Crippen molar-refractivity contribution in [2.45, 2.75) is 32.2 Å². The van der Waals surface area contributed by atoms with Crippen LogP contribution in [0.2, 0.25) is 0 Å². The number of aromatic nitrogens is 3. The van der Waals surface area contributed by atoms with E-state index in [1.165, 1.54) is 5.56 Å². The molecule has 0 bridgehead atoms. The maximum Gasteiger partial charge on any atom is 0.150 e. The SMILES string of the molecule is CCc1nc2n(n1)CC[C@H]2c1ccccc1. The lowest BCUT2D eigenvalue weighted by Gasteiger charge is -2.07. The van der Waals surface area contributed by atoms with Gasteiger partial charge in [0.1, 0.15) is 5.82 Å². The fourth-order valence-electron chi connectivity index (χ4n) is 2.36. The van der Waals surface area contributed by atoms with Gasteiger partial charge in [0.2, 0.25) is 0 Å². The number of rotatable bonds is 2. The highest BCUT2D eigenvalue weighted by Crippen LogP contribution is 2.32. The summed E-state index contributed by atoms with van der Waals surface area (Å²) in [6.45, 7) is 3.10. The Morgan fingerprint density at radius 1 is 1.31 bits per heavy atom. The Morgan fingerprint density at radius 3 is 2.88 bits per heavy atom. The van der Waals surface area contributed by atoms with Crippen LogP contribution in [-0.2, 0) is 13.0 Å². The van der Waals surface area contributed by atoms with Gasteiger partial charge < -0.3 is 0 Å². The second-order valence-electron chi connectivity index (χ2n) is 4.21. The molecule has 1 aliphatic heterocycles. The van der Waals surface area contributed by atoms with Crippen molar-refractivity contribution in [3.8, 4) is 0 Å². The van der Waals surface area contributed by atoms with Crippen LogP contribution in [0.4, 0.5) is 0 Å². The summed E-state index contributed by atoms with van der Waals surface area (Å²) >= 11 is 0. The molecule has 3 rings (SSSR count). The first-order valence-electron chi connectivity index (χ1n) is 5.87. The van der Waals surface area contributed by atoms with Crippen LogP contribution in [-0.4, -0.2) is 14.8 Å². The summed E-state index contributed by atoms with van der Waals surface area (Å²) in [6.07, 6.45) is 2.05. The van der Waals surface area contributed by atoms with Crippen molar-refractivity contribution in [3.63, 3.8) is 0 Å². The van der Waals surface area contributed by atoms with E-state index in [-0.39, 0.29) is 0 Å². The largest absolute Gasteiger partial charge is 0.249 e. The molecule has 0 saturated carbocycles. The molecule has 2 aromatic rings. The molecule has 0 amide bonds. The molecular formula is C13H15N3. The van der Waals surface area contributed by atoms with E-state index in [0.717, 1.165) is 31.0 Å². The molecule has 1 aromatic heterocycles. The summed E-state index contributed by atoms with van der Waals surface area (Å²) in [7, 11) is 0. The monoisotopic (exact) mass is 213 g/mol. The van der Waals surface area contributed by atoms with Crippen LogP contribution in [0, 0.1) is 0 Å². The number of nitrogens with zero attached hydrogens (tertiary/aromatic N) is 3. The van der Waals surface area contributed by atoms with Gasteiger partial charge in [-0.2, -0.15) is 5.10 Å². The van der Waals surface area contributed by atoms with Crippen molar-refractivity contribution in [1.29, 1.82) is 0 Å². The minimum atomic E-state index is 0.439. The van der Waals surface area contributed by atoms with Gasteiger partial charge >= 0.3 is 0 Å². The third kappa shape index (κ3) is 1.43. The Hall–Kier alpha value is -1.64. The first kappa shape index (κ1) is 9.58. The highest BCUT2D eigenvalue weighted by molar-refractivity contribution is 5.27. The molecule has 0 N–H and O–H groups in total. The Balaban J connectivity index is 1.99. The van der Waals surface area contributed by atoms with E-state index in [1.807, 2.05) is 0 Å². The van der Waals surface area contributed by atoms with Crippen LogP contribution in [0.25, 0.3) is 0 Å². The van der Waals surface area contributed by atoms with Crippen molar-refractivity contribution >= 4 is 0 Å². The summed E-state index contributed by atoms with van der Waals surface area (Å²) in [6, 6.07) is 10.6. The lowest BCUT2D eigenvalue weighted by molar-refractivity contribution is 0.637. The molecule has 1 aliphatic rings. The van der Waals surface area contributed by atoms with E-state index < -0.39 is 0 Å². The van der Waals surface area contributed by atoms with Crippen molar-refractivity contribution in [2.75, 3.05) is 0 Å². The molecular weight excluding hydrogens is 198 g/mol. The molecule has 0 radical (unpaired) electrons. The molecule has 3 heteroatoms. The van der Waals surface area contributed by atoms with Crippen LogP contribution in [0.1, 0.15) is 36.5 Å². The average molecular weight is 213 g/mol. The molecule has 0 unspecified atom stereocenters. The Kier molecular flexibility index (Phi) is 2.24. The van der Waals surface area contributed by atoms with E-state index in [1.54, 1.807) is 0 Å². The third-order valence-corrected chi connectivity index (χ3v) is 3.20. The molecule has 3 nitrogen and oxygen atoms in total. The van der Waals surface area contributed by atoms with E-state index in [0.29, 0.717) is 5.92 Å². The summed E-state index contributed by atoms with van der Waals surface area (Å²) in [4.78, 5) is 4.62. The Morgan fingerprint density at radius 2 is 2.12 bits per heavy atom. The van der Waals surface area contributed by atoms with Crippen molar-refractivity contribution in [3.05, 3.63) is 47.5 Å². The second-order valence-corrected chi connectivity index (χ2v) is 4.21. The molecule has 0 aliphatic carbocycles. The molecule has 82 valence electrons. The van der Waals surface area contributed by atoms with Gasteiger partial charge in [-0.3, -0.25) is 0 Å². The standard InChI is InChI=1S/C13H15N3/c1-2-12-14-13-11(8-9-16(13)15-12)10-6-4-3-5-7-10/h3-7,11H,2,8-9H2,1H3/t11-/m0/s1. The number of hydrogen-bond donors (Lipinski definition) is 0. The van der Waals surface area contributed by atoms with Crippen LogP contribution in [0.5, 0.6) is 0 Å². The maximum atomic E-state index is 4.62. The zero-order chi connectivity index (χ0) is 11.0. The van der Waals surface area contributed by atoms with Crippen LogP contribution in [0.3, 0.4) is 0 Å². The molecule has 0 saturated heterocycles. The molecule has 1 atom stereocenters. The van der Waals surface area contributed by atoms with E-state index in [9.17, 15) is 0 Å². The topological polar surface area (TPSA) is 30.7 Å². The Bertz CT molecular complexity index is 487. The van der Waals surface area contributed by atoms with Crippen LogP contribution in [0.15, 0.2) is 30.3 Å². The van der Waals surface area contributed by atoms with Gasteiger partial charge in [0.15, 0.2) is 5.82 Å². The van der Waals surface area contributed by atoms with Gasteiger partial charge in [-0.25, -0.2) is 9.67 Å². The molecule has 16 heavy (non-hydrogen) atoms. The van der Waals surface area contributed by atoms with E-state index in [2.05, 4.69) is 52.0 Å². The first-order chi connectivity index (χ1) is 7.88. The van der Waals surface area contributed by atoms with E-state index in [4.69, 9.17) is 0 Å². The summed E-state index contributed by atoms with van der Waals surface area (Å²) < 4.78 is 2.07. The van der Waals surface area contributed by atoms with Gasteiger partial charge in [-0.15, -0.1) is 0 Å². The normalized spacial score (nSPS) is 18.7. The van der Waals surface area contributed by atoms with E-state index >= 15 is 0 Å². The fourth-order valence-corrected chi connectivity index (χ4v) is 2.36.